The Morgan fingerprint density at radius 2 is 2.10 bits per heavy atom. The van der Waals surface area contributed by atoms with E-state index in [-0.39, 0.29) is 12.3 Å². The lowest BCUT2D eigenvalue weighted by Gasteiger charge is -2.31. The average molecular weight is 277 g/mol. The third-order valence-electron chi connectivity index (χ3n) is 4.19. The Morgan fingerprint density at radius 3 is 2.65 bits per heavy atom. The number of hydrogen-bond acceptors (Lipinski definition) is 4. The van der Waals surface area contributed by atoms with Crippen molar-refractivity contribution in [1.29, 1.82) is 0 Å². The van der Waals surface area contributed by atoms with E-state index in [1.165, 1.54) is 4.90 Å². The third-order valence-corrected chi connectivity index (χ3v) is 4.19. The average Bonchev–Trinajstić information content (AvgIpc) is 3.08. The molecule has 0 radical (unpaired) electrons. The van der Waals surface area contributed by atoms with Gasteiger partial charge in [-0.1, -0.05) is 0 Å². The molecule has 0 bridgehead atoms. The molecule has 108 valence electrons. The van der Waals surface area contributed by atoms with E-state index in [0.29, 0.717) is 32.2 Å². The minimum atomic E-state index is -1.07. The van der Waals surface area contributed by atoms with Crippen molar-refractivity contribution < 1.29 is 14.7 Å². The van der Waals surface area contributed by atoms with Gasteiger partial charge < -0.3 is 10.0 Å². The number of carbonyl (C=O) groups excluding carboxylic acids is 1. The fraction of sp³-hybridized carbons (Fsp3) is 0.714. The molecule has 6 nitrogen and oxygen atoms in total. The van der Waals surface area contributed by atoms with Crippen molar-refractivity contribution >= 4 is 11.9 Å². The van der Waals surface area contributed by atoms with Gasteiger partial charge in [0.05, 0.1) is 0 Å². The van der Waals surface area contributed by atoms with Crippen molar-refractivity contribution in [2.45, 2.75) is 56.7 Å². The van der Waals surface area contributed by atoms with E-state index in [1.54, 1.807) is 6.92 Å². The molecule has 1 atom stereocenters. The Hall–Kier alpha value is -1.90. The summed E-state index contributed by atoms with van der Waals surface area (Å²) in [4.78, 5) is 25.1. The molecular weight excluding hydrogens is 258 g/mol. The van der Waals surface area contributed by atoms with Crippen molar-refractivity contribution in [3.63, 3.8) is 0 Å². The van der Waals surface area contributed by atoms with Gasteiger partial charge in [-0.2, -0.15) is 10.2 Å². The molecule has 20 heavy (non-hydrogen) atoms. The largest absolute Gasteiger partial charge is 0.480 e. The number of nitrogens with zero attached hydrogens (tertiary/aromatic N) is 3. The molecule has 2 aliphatic rings. The van der Waals surface area contributed by atoms with Gasteiger partial charge in [-0.15, -0.1) is 12.3 Å². The Balaban J connectivity index is 1.89. The van der Waals surface area contributed by atoms with E-state index >= 15 is 0 Å². The minimum absolute atomic E-state index is 0.134. The van der Waals surface area contributed by atoms with Crippen molar-refractivity contribution in [3.05, 3.63) is 0 Å². The smallest absolute Gasteiger partial charge is 0.329 e. The molecule has 0 aliphatic carbocycles. The molecule has 0 aromatic carbocycles. The van der Waals surface area contributed by atoms with Crippen molar-refractivity contribution in [1.82, 2.24) is 4.90 Å². The van der Waals surface area contributed by atoms with Crippen LogP contribution in [0.4, 0.5) is 0 Å². The van der Waals surface area contributed by atoms with Crippen LogP contribution in [0.25, 0.3) is 0 Å². The molecule has 0 unspecified atom stereocenters. The maximum Gasteiger partial charge on any atom is 0.329 e. The lowest BCUT2D eigenvalue weighted by molar-refractivity contribution is -0.155. The molecule has 2 heterocycles. The lowest BCUT2D eigenvalue weighted by atomic mass is 9.97. The van der Waals surface area contributed by atoms with Crippen LogP contribution in [0.1, 0.15) is 45.4 Å². The molecule has 1 fully saturated rings. The van der Waals surface area contributed by atoms with Gasteiger partial charge in [0.15, 0.2) is 5.66 Å². The molecule has 0 spiro atoms. The minimum Gasteiger partial charge on any atom is -0.480 e. The molecule has 2 aliphatic heterocycles. The van der Waals surface area contributed by atoms with Crippen LogP contribution in [0.2, 0.25) is 0 Å². The van der Waals surface area contributed by atoms with Gasteiger partial charge in [0.1, 0.15) is 5.54 Å². The fourth-order valence-electron chi connectivity index (χ4n) is 2.70. The van der Waals surface area contributed by atoms with Crippen LogP contribution in [-0.4, -0.2) is 39.6 Å². The summed E-state index contributed by atoms with van der Waals surface area (Å²) >= 11 is 0. The Morgan fingerprint density at radius 1 is 1.40 bits per heavy atom. The topological polar surface area (TPSA) is 82.3 Å². The summed E-state index contributed by atoms with van der Waals surface area (Å²) in [7, 11) is 0. The predicted molar refractivity (Wildman–Crippen MR) is 71.9 cm³/mol. The molecule has 0 aromatic heterocycles. The van der Waals surface area contributed by atoms with Crippen LogP contribution in [-0.2, 0) is 9.59 Å². The molecule has 0 aromatic rings. The van der Waals surface area contributed by atoms with Gasteiger partial charge in [-0.3, -0.25) is 4.79 Å². The second kappa shape index (κ2) is 5.23. The maximum atomic E-state index is 12.3. The molecule has 2 rings (SSSR count). The summed E-state index contributed by atoms with van der Waals surface area (Å²) < 4.78 is 0. The van der Waals surface area contributed by atoms with Crippen LogP contribution < -0.4 is 0 Å². The zero-order valence-corrected chi connectivity index (χ0v) is 11.6. The standard InChI is InChI=1S/C14H19N3O3/c1-3-4-8-14(15-16-14)9-6-11(18)17-10-5-7-13(17,2)12(19)20/h1H,4-10H2,2H3,(H,19,20)/t13-/m0/s1. The van der Waals surface area contributed by atoms with Crippen molar-refractivity contribution in [2.75, 3.05) is 6.54 Å². The van der Waals surface area contributed by atoms with E-state index in [4.69, 9.17) is 6.42 Å². The Bertz CT molecular complexity index is 488. The Kier molecular flexibility index (Phi) is 3.80. The number of carbonyl (C=O) groups is 2. The summed E-state index contributed by atoms with van der Waals surface area (Å²) in [5.41, 5.74) is -1.55. The van der Waals surface area contributed by atoms with Crippen LogP contribution >= 0.6 is 0 Å². The number of likely N-dealkylation sites (tertiary alicyclic amines) is 1. The first-order valence-electron chi connectivity index (χ1n) is 6.85. The van der Waals surface area contributed by atoms with Gasteiger partial charge in [-0.25, -0.2) is 4.79 Å². The highest BCUT2D eigenvalue weighted by atomic mass is 16.4. The number of hydrogen-bond donors (Lipinski definition) is 1. The van der Waals surface area contributed by atoms with Gasteiger partial charge >= 0.3 is 5.97 Å². The lowest BCUT2D eigenvalue weighted by Crippen LogP contribution is -2.50. The highest BCUT2D eigenvalue weighted by Gasteiger charge is 2.47. The number of rotatable bonds is 6. The second-order valence-electron chi connectivity index (χ2n) is 5.61. The monoisotopic (exact) mass is 277 g/mol. The van der Waals surface area contributed by atoms with Crippen molar-refractivity contribution in [2.24, 2.45) is 10.2 Å². The quantitative estimate of drug-likeness (QED) is 0.752. The third kappa shape index (κ3) is 2.67. The molecule has 1 N–H and O–H groups in total. The zero-order valence-electron chi connectivity index (χ0n) is 11.6. The molecule has 0 saturated carbocycles. The zero-order chi connectivity index (χ0) is 14.8. The highest BCUT2D eigenvalue weighted by Crippen LogP contribution is 2.38. The van der Waals surface area contributed by atoms with Gasteiger partial charge in [0, 0.05) is 32.2 Å². The molecule has 1 amide bonds. The van der Waals surface area contributed by atoms with Gasteiger partial charge in [-0.05, 0) is 19.8 Å². The molecular formula is C14H19N3O3. The van der Waals surface area contributed by atoms with Crippen LogP contribution in [0.5, 0.6) is 0 Å². The maximum absolute atomic E-state index is 12.3. The van der Waals surface area contributed by atoms with Crippen LogP contribution in [0, 0.1) is 12.3 Å². The highest BCUT2D eigenvalue weighted by molar-refractivity contribution is 5.87. The van der Waals surface area contributed by atoms with E-state index in [0.717, 1.165) is 6.42 Å². The molecule has 6 heteroatoms. The summed E-state index contributed by atoms with van der Waals surface area (Å²) in [5.74, 6) is 1.47. The van der Waals surface area contributed by atoms with Crippen molar-refractivity contribution in [3.8, 4) is 12.3 Å². The van der Waals surface area contributed by atoms with E-state index in [2.05, 4.69) is 16.1 Å². The number of aliphatic carboxylic acids is 1. The number of amides is 1. The Labute approximate surface area is 118 Å². The van der Waals surface area contributed by atoms with Gasteiger partial charge in [0.2, 0.25) is 5.91 Å². The first kappa shape index (κ1) is 14.5. The fourth-order valence-corrected chi connectivity index (χ4v) is 2.70. The normalized spacial score (nSPS) is 26.3. The van der Waals surface area contributed by atoms with E-state index in [1.807, 2.05) is 0 Å². The first-order chi connectivity index (χ1) is 9.43. The molecule has 1 saturated heterocycles. The van der Waals surface area contributed by atoms with E-state index in [9.17, 15) is 14.7 Å². The van der Waals surface area contributed by atoms with Crippen LogP contribution in [0.3, 0.4) is 0 Å². The second-order valence-corrected chi connectivity index (χ2v) is 5.61. The van der Waals surface area contributed by atoms with Crippen LogP contribution in [0.15, 0.2) is 10.2 Å². The number of carboxylic acids is 1. The first-order valence-corrected chi connectivity index (χ1v) is 6.85. The summed E-state index contributed by atoms with van der Waals surface area (Å²) in [5, 5.41) is 17.3. The van der Waals surface area contributed by atoms with E-state index < -0.39 is 17.2 Å². The summed E-state index contributed by atoms with van der Waals surface area (Å²) in [6.07, 6.45) is 8.47. The summed E-state index contributed by atoms with van der Waals surface area (Å²) in [6.45, 7) is 2.12. The van der Waals surface area contributed by atoms with Gasteiger partial charge in [0.25, 0.3) is 0 Å². The SMILES string of the molecule is C#CCCC1(CCC(=O)N2CCC[C@@]2(C)C(=O)O)N=N1. The number of terminal acetylenes is 1. The predicted octanol–water partition coefficient (Wildman–Crippen LogP) is 1.81. The number of carboxylic acid groups (broad SMARTS) is 1. The summed E-state index contributed by atoms with van der Waals surface area (Å²) in [6, 6.07) is 0.